The van der Waals surface area contributed by atoms with Gasteiger partial charge in [-0.05, 0) is 61.0 Å². The molecule has 0 N–H and O–H groups in total. The first kappa shape index (κ1) is 19.2. The summed E-state index contributed by atoms with van der Waals surface area (Å²) < 4.78 is 22.5. The van der Waals surface area contributed by atoms with E-state index in [4.69, 9.17) is 30.2 Å². The molecule has 0 bridgehead atoms. The Morgan fingerprint density at radius 1 is 1.10 bits per heavy atom. The number of carbonyl (C=O) groups is 1. The summed E-state index contributed by atoms with van der Waals surface area (Å²) in [6.45, 7) is 3.17. The Morgan fingerprint density at radius 2 is 1.93 bits per heavy atom. The lowest BCUT2D eigenvalue weighted by molar-refractivity contribution is 0.104. The topological polar surface area (TPSA) is 57.9 Å². The van der Waals surface area contributed by atoms with Gasteiger partial charge in [-0.1, -0.05) is 23.7 Å². The first-order chi connectivity index (χ1) is 14.1. The van der Waals surface area contributed by atoms with Crippen molar-refractivity contribution in [1.82, 2.24) is 0 Å². The maximum Gasteiger partial charge on any atom is 0.186 e. The summed E-state index contributed by atoms with van der Waals surface area (Å²) in [5, 5.41) is 0.557. The Morgan fingerprint density at radius 3 is 2.76 bits per heavy atom. The fourth-order valence-electron chi connectivity index (χ4n) is 2.96. The number of halogens is 1. The summed E-state index contributed by atoms with van der Waals surface area (Å²) in [7, 11) is 0. The van der Waals surface area contributed by atoms with Crippen LogP contribution < -0.4 is 14.2 Å². The number of carbonyl (C=O) groups excluding carboxylic acids is 1. The average Bonchev–Trinajstić information content (AvgIpc) is 3.19. The van der Waals surface area contributed by atoms with Gasteiger partial charge in [0.25, 0.3) is 0 Å². The van der Waals surface area contributed by atoms with Crippen LogP contribution in [-0.4, -0.2) is 19.0 Å². The number of furan rings is 1. The van der Waals surface area contributed by atoms with Gasteiger partial charge in [-0.15, -0.1) is 0 Å². The molecule has 0 saturated carbocycles. The van der Waals surface area contributed by atoms with Gasteiger partial charge in [0.05, 0.1) is 5.02 Å². The third-order valence-electron chi connectivity index (χ3n) is 4.43. The average molecular weight is 411 g/mol. The Labute approximate surface area is 173 Å². The van der Waals surface area contributed by atoms with Gasteiger partial charge in [-0.3, -0.25) is 4.79 Å². The molecule has 29 heavy (non-hydrogen) atoms. The maximum absolute atomic E-state index is 12.4. The number of fused-ring (bicyclic) bond motifs is 1. The third kappa shape index (κ3) is 4.46. The van der Waals surface area contributed by atoms with E-state index in [0.29, 0.717) is 52.6 Å². The van der Waals surface area contributed by atoms with Crippen molar-refractivity contribution in [3.8, 4) is 17.2 Å². The molecule has 2 heterocycles. The molecule has 0 fully saturated rings. The van der Waals surface area contributed by atoms with Crippen molar-refractivity contribution in [2.24, 2.45) is 0 Å². The summed E-state index contributed by atoms with van der Waals surface area (Å²) in [5.74, 6) is 2.92. The van der Waals surface area contributed by atoms with Crippen LogP contribution in [0.25, 0.3) is 6.08 Å². The minimum absolute atomic E-state index is 0.150. The van der Waals surface area contributed by atoms with Crippen LogP contribution in [0.1, 0.15) is 27.4 Å². The van der Waals surface area contributed by atoms with Crippen molar-refractivity contribution in [2.45, 2.75) is 13.5 Å². The van der Waals surface area contributed by atoms with E-state index in [1.54, 1.807) is 42.5 Å². The first-order valence-electron chi connectivity index (χ1n) is 9.19. The maximum atomic E-state index is 12.4. The molecule has 5 nitrogen and oxygen atoms in total. The van der Waals surface area contributed by atoms with E-state index in [1.165, 1.54) is 6.08 Å². The lowest BCUT2D eigenvalue weighted by Gasteiger charge is -2.18. The van der Waals surface area contributed by atoms with Crippen LogP contribution in [0.3, 0.4) is 0 Å². The molecule has 1 aliphatic rings. The van der Waals surface area contributed by atoms with Crippen LogP contribution >= 0.6 is 11.6 Å². The molecule has 1 aromatic heterocycles. The molecule has 148 valence electrons. The molecule has 2 aromatic carbocycles. The first-order valence-corrected chi connectivity index (χ1v) is 9.56. The van der Waals surface area contributed by atoms with E-state index >= 15 is 0 Å². The standard InChI is InChI=1S/C23H19ClO5/c1-15-3-2-4-19(24)23(15)28-14-18-7-6-17(29-18)8-9-20(25)16-5-10-21-22(13-16)27-12-11-26-21/h2-10,13H,11-12,14H2,1H3/b9-8+. The summed E-state index contributed by atoms with van der Waals surface area (Å²) in [6, 6.07) is 14.3. The van der Waals surface area contributed by atoms with Gasteiger partial charge in [0.15, 0.2) is 17.3 Å². The van der Waals surface area contributed by atoms with E-state index in [9.17, 15) is 4.79 Å². The highest BCUT2D eigenvalue weighted by Gasteiger charge is 2.14. The number of ketones is 1. The van der Waals surface area contributed by atoms with E-state index < -0.39 is 0 Å². The van der Waals surface area contributed by atoms with E-state index in [0.717, 1.165) is 5.56 Å². The summed E-state index contributed by atoms with van der Waals surface area (Å²) in [6.07, 6.45) is 3.09. The molecule has 0 radical (unpaired) electrons. The number of para-hydroxylation sites is 1. The zero-order valence-corrected chi connectivity index (χ0v) is 16.6. The molecule has 0 aliphatic carbocycles. The second-order valence-corrected chi connectivity index (χ2v) is 6.94. The number of hydrogen-bond acceptors (Lipinski definition) is 5. The molecule has 6 heteroatoms. The second kappa shape index (κ2) is 8.45. The van der Waals surface area contributed by atoms with Crippen molar-refractivity contribution in [1.29, 1.82) is 0 Å². The monoisotopic (exact) mass is 410 g/mol. The minimum Gasteiger partial charge on any atom is -0.486 e. The Bertz CT molecular complexity index is 1050. The number of benzene rings is 2. The number of ether oxygens (including phenoxy) is 3. The van der Waals surface area contributed by atoms with Crippen molar-refractivity contribution in [3.63, 3.8) is 0 Å². The molecule has 0 saturated heterocycles. The lowest BCUT2D eigenvalue weighted by atomic mass is 10.1. The van der Waals surface area contributed by atoms with Gasteiger partial charge in [0.2, 0.25) is 0 Å². The zero-order chi connectivity index (χ0) is 20.2. The summed E-state index contributed by atoms with van der Waals surface area (Å²) in [4.78, 5) is 12.4. The van der Waals surface area contributed by atoms with Gasteiger partial charge in [-0.25, -0.2) is 0 Å². The van der Waals surface area contributed by atoms with Crippen molar-refractivity contribution in [3.05, 3.63) is 82.3 Å². The highest BCUT2D eigenvalue weighted by atomic mass is 35.5. The highest BCUT2D eigenvalue weighted by Crippen LogP contribution is 2.31. The van der Waals surface area contributed by atoms with E-state index in [1.807, 2.05) is 19.1 Å². The minimum atomic E-state index is -0.150. The Balaban J connectivity index is 1.39. The number of hydrogen-bond donors (Lipinski definition) is 0. The predicted molar refractivity (Wildman–Crippen MR) is 110 cm³/mol. The number of allylic oxidation sites excluding steroid dienone is 1. The second-order valence-electron chi connectivity index (χ2n) is 6.53. The van der Waals surface area contributed by atoms with Crippen molar-refractivity contribution in [2.75, 3.05) is 13.2 Å². The third-order valence-corrected chi connectivity index (χ3v) is 4.73. The SMILES string of the molecule is Cc1cccc(Cl)c1OCc1ccc(/C=C/C(=O)c2ccc3c(c2)OCCO3)o1. The molecule has 0 amide bonds. The van der Waals surface area contributed by atoms with E-state index in [2.05, 4.69) is 0 Å². The molecule has 1 aliphatic heterocycles. The van der Waals surface area contributed by atoms with Gasteiger partial charge in [0, 0.05) is 5.56 Å². The van der Waals surface area contributed by atoms with Crippen LogP contribution in [0.2, 0.25) is 5.02 Å². The van der Waals surface area contributed by atoms with Crippen LogP contribution in [0.4, 0.5) is 0 Å². The summed E-state index contributed by atoms with van der Waals surface area (Å²) >= 11 is 6.17. The zero-order valence-electron chi connectivity index (χ0n) is 15.8. The lowest BCUT2D eigenvalue weighted by Crippen LogP contribution is -2.15. The Hall–Kier alpha value is -3.18. The molecule has 0 unspecified atom stereocenters. The highest BCUT2D eigenvalue weighted by molar-refractivity contribution is 6.32. The number of rotatable bonds is 6. The largest absolute Gasteiger partial charge is 0.486 e. The van der Waals surface area contributed by atoms with Gasteiger partial charge in [0.1, 0.15) is 37.1 Å². The van der Waals surface area contributed by atoms with Crippen LogP contribution in [0.15, 0.2) is 59.0 Å². The molecular weight excluding hydrogens is 392 g/mol. The van der Waals surface area contributed by atoms with Gasteiger partial charge < -0.3 is 18.6 Å². The summed E-state index contributed by atoms with van der Waals surface area (Å²) in [5.41, 5.74) is 1.48. The Kier molecular flexibility index (Phi) is 5.58. The molecule has 3 aromatic rings. The molecule has 4 rings (SSSR count). The fourth-order valence-corrected chi connectivity index (χ4v) is 3.23. The molecule has 0 atom stereocenters. The number of aryl methyl sites for hydroxylation is 1. The van der Waals surface area contributed by atoms with Crippen molar-refractivity contribution < 1.29 is 23.4 Å². The predicted octanol–water partition coefficient (Wildman–Crippen LogP) is 5.49. The van der Waals surface area contributed by atoms with Crippen LogP contribution in [0.5, 0.6) is 17.2 Å². The fraction of sp³-hybridized carbons (Fsp3) is 0.174. The van der Waals surface area contributed by atoms with Gasteiger partial charge in [-0.2, -0.15) is 0 Å². The van der Waals surface area contributed by atoms with Crippen LogP contribution in [0, 0.1) is 6.92 Å². The quantitative estimate of drug-likeness (QED) is 0.397. The molecular formula is C23H19ClO5. The van der Waals surface area contributed by atoms with Gasteiger partial charge >= 0.3 is 0 Å². The normalized spacial score (nSPS) is 12.9. The smallest absolute Gasteiger partial charge is 0.186 e. The van der Waals surface area contributed by atoms with Crippen molar-refractivity contribution >= 4 is 23.5 Å². The van der Waals surface area contributed by atoms with Crippen LogP contribution in [-0.2, 0) is 6.61 Å². The van der Waals surface area contributed by atoms with E-state index in [-0.39, 0.29) is 12.4 Å². The molecule has 0 spiro atoms.